The summed E-state index contributed by atoms with van der Waals surface area (Å²) in [4.78, 5) is 29.5. The summed E-state index contributed by atoms with van der Waals surface area (Å²) >= 11 is 0. The summed E-state index contributed by atoms with van der Waals surface area (Å²) in [6.07, 6.45) is -5.61. The van der Waals surface area contributed by atoms with Crippen LogP contribution in [0.25, 0.3) is 0 Å². The number of piperidine rings is 1. The second-order valence-electron chi connectivity index (χ2n) is 12.1. The van der Waals surface area contributed by atoms with Crippen molar-refractivity contribution in [3.8, 4) is 5.75 Å². The van der Waals surface area contributed by atoms with Crippen molar-refractivity contribution in [3.05, 3.63) is 78.1 Å². The van der Waals surface area contributed by atoms with Gasteiger partial charge in [-0.3, -0.25) is 0 Å². The Kier molecular flexibility index (Phi) is 15.5. The maximum Gasteiger partial charge on any atom is 0.490 e. The fraction of sp³-hybridized carbons (Fsp3) is 0.455. The molecule has 0 unspecified atom stereocenters. The Morgan fingerprint density at radius 1 is 1.00 bits per heavy atom. The number of nitrogens with one attached hydrogen (secondary N) is 2. The van der Waals surface area contributed by atoms with Crippen LogP contribution in [0.5, 0.6) is 5.75 Å². The number of ether oxygens (including phenoxy) is 2. The van der Waals surface area contributed by atoms with E-state index >= 15 is 0 Å². The van der Waals surface area contributed by atoms with Crippen LogP contribution < -0.4 is 19.7 Å². The van der Waals surface area contributed by atoms with E-state index in [1.54, 1.807) is 12.1 Å². The molecule has 2 atom stereocenters. The number of alkyl halides is 6. The number of carboxylic acid groups (broad SMARTS) is 2. The maximum atomic E-state index is 12.0. The first-order valence-electron chi connectivity index (χ1n) is 16.2. The van der Waals surface area contributed by atoms with Crippen molar-refractivity contribution in [3.63, 3.8) is 0 Å². The number of benzene rings is 2. The zero-order chi connectivity index (χ0) is 40.2. The van der Waals surface area contributed by atoms with Crippen molar-refractivity contribution >= 4 is 27.9 Å². The largest absolute Gasteiger partial charge is 0.491 e. The average Bonchev–Trinajstić information content (AvgIpc) is 3.52. The summed E-state index contributed by atoms with van der Waals surface area (Å²) < 4.78 is 102. The number of rotatable bonds is 11. The van der Waals surface area contributed by atoms with Crippen LogP contribution in [0.3, 0.4) is 0 Å². The number of aliphatic hydroxyl groups excluding tert-OH is 1. The third-order valence-electron chi connectivity index (χ3n) is 8.05. The van der Waals surface area contributed by atoms with Gasteiger partial charge in [0.05, 0.1) is 22.8 Å². The average molecular weight is 796 g/mol. The zero-order valence-corrected chi connectivity index (χ0v) is 29.5. The van der Waals surface area contributed by atoms with Crippen LogP contribution in [-0.4, -0.2) is 116 Å². The fourth-order valence-electron chi connectivity index (χ4n) is 5.28. The van der Waals surface area contributed by atoms with Crippen LogP contribution in [0.2, 0.25) is 0 Å². The molecular formula is C33H39F6N5O9S. The molecule has 3 aromatic rings. The Labute approximate surface area is 306 Å². The third-order valence-corrected chi connectivity index (χ3v) is 9.46. The van der Waals surface area contributed by atoms with Crippen LogP contribution in [0.1, 0.15) is 30.5 Å². The summed E-state index contributed by atoms with van der Waals surface area (Å²) in [5.41, 5.74) is 2.07. The van der Waals surface area contributed by atoms with Crippen molar-refractivity contribution in [2.24, 2.45) is 0 Å². The molecule has 2 aromatic carbocycles. The first kappa shape index (κ1) is 43.8. The number of aromatic nitrogens is 2. The van der Waals surface area contributed by atoms with Gasteiger partial charge in [0.1, 0.15) is 18.5 Å². The Balaban J connectivity index is 0.000000476. The lowest BCUT2D eigenvalue weighted by Gasteiger charge is -2.38. The van der Waals surface area contributed by atoms with E-state index in [1.165, 1.54) is 24.7 Å². The maximum absolute atomic E-state index is 12.0. The number of halogens is 6. The van der Waals surface area contributed by atoms with Gasteiger partial charge in [-0.25, -0.2) is 32.7 Å². The van der Waals surface area contributed by atoms with Crippen molar-refractivity contribution < 1.29 is 69.1 Å². The van der Waals surface area contributed by atoms with E-state index in [0.717, 1.165) is 50.4 Å². The minimum Gasteiger partial charge on any atom is -0.491 e. The highest BCUT2D eigenvalue weighted by Gasteiger charge is 2.43. The van der Waals surface area contributed by atoms with Crippen molar-refractivity contribution in [2.75, 3.05) is 44.8 Å². The topological polar surface area (TPSA) is 201 Å². The van der Waals surface area contributed by atoms with E-state index < -0.39 is 40.4 Å². The van der Waals surface area contributed by atoms with Gasteiger partial charge in [0.15, 0.2) is 0 Å². The monoisotopic (exact) mass is 795 g/mol. The highest BCUT2D eigenvalue weighted by molar-refractivity contribution is 7.89. The summed E-state index contributed by atoms with van der Waals surface area (Å²) in [5.74, 6) is -4.35. The molecule has 21 heteroatoms. The first-order chi connectivity index (χ1) is 25.2. The molecule has 0 bridgehead atoms. The number of aliphatic hydroxyl groups is 1. The lowest BCUT2D eigenvalue weighted by molar-refractivity contribution is -0.193. The Hall–Kier alpha value is -4.57. The third kappa shape index (κ3) is 14.0. The highest BCUT2D eigenvalue weighted by Crippen LogP contribution is 2.36. The van der Waals surface area contributed by atoms with Crippen LogP contribution in [-0.2, 0) is 30.8 Å². The summed E-state index contributed by atoms with van der Waals surface area (Å²) in [5, 5.41) is 28.1. The predicted molar refractivity (Wildman–Crippen MR) is 179 cm³/mol. The second kappa shape index (κ2) is 19.1. The normalized spacial score (nSPS) is 17.4. The van der Waals surface area contributed by atoms with Crippen LogP contribution in [0.4, 0.5) is 32.3 Å². The number of aliphatic carboxylic acids is 2. The second-order valence-corrected chi connectivity index (χ2v) is 13.9. The van der Waals surface area contributed by atoms with Gasteiger partial charge in [-0.2, -0.15) is 26.3 Å². The van der Waals surface area contributed by atoms with Gasteiger partial charge in [0.2, 0.25) is 16.0 Å². The molecule has 0 aliphatic carbocycles. The molecule has 0 saturated carbocycles. The van der Waals surface area contributed by atoms with Gasteiger partial charge < -0.3 is 35.0 Å². The lowest BCUT2D eigenvalue weighted by atomic mass is 9.87. The van der Waals surface area contributed by atoms with Gasteiger partial charge in [-0.15, -0.1) is 0 Å². The van der Waals surface area contributed by atoms with Gasteiger partial charge >= 0.3 is 24.3 Å². The summed E-state index contributed by atoms with van der Waals surface area (Å²) in [6.45, 7) is 2.67. The molecule has 2 aliphatic heterocycles. The van der Waals surface area contributed by atoms with E-state index in [9.17, 15) is 39.9 Å². The molecule has 0 amide bonds. The number of hydrogen-bond acceptors (Lipinski definition) is 11. The molecular weight excluding hydrogens is 756 g/mol. The molecule has 2 saturated heterocycles. The summed E-state index contributed by atoms with van der Waals surface area (Å²) in [7, 11) is -2.20. The molecule has 54 heavy (non-hydrogen) atoms. The van der Waals surface area contributed by atoms with Crippen molar-refractivity contribution in [2.45, 2.75) is 60.7 Å². The number of hydrogen-bond donors (Lipinski definition) is 5. The molecule has 3 heterocycles. The number of anilines is 1. The molecule has 2 fully saturated rings. The quantitative estimate of drug-likeness (QED) is 0.177. The van der Waals surface area contributed by atoms with Crippen LogP contribution in [0, 0.1) is 0 Å². The van der Waals surface area contributed by atoms with E-state index in [2.05, 4.69) is 32.1 Å². The molecule has 5 N–H and O–H groups in total. The van der Waals surface area contributed by atoms with Gasteiger partial charge in [-0.1, -0.05) is 36.4 Å². The fourth-order valence-corrected chi connectivity index (χ4v) is 6.05. The number of sulfonamides is 1. The van der Waals surface area contributed by atoms with Crippen molar-refractivity contribution in [1.82, 2.24) is 20.0 Å². The van der Waals surface area contributed by atoms with Crippen molar-refractivity contribution in [1.29, 1.82) is 0 Å². The van der Waals surface area contributed by atoms with E-state index in [4.69, 9.17) is 34.3 Å². The minimum atomic E-state index is -5.08. The molecule has 5 rings (SSSR count). The molecule has 1 aromatic heterocycles. The Morgan fingerprint density at radius 3 is 2.19 bits per heavy atom. The molecule has 298 valence electrons. The van der Waals surface area contributed by atoms with E-state index in [-0.39, 0.29) is 23.1 Å². The van der Waals surface area contributed by atoms with Crippen LogP contribution in [0.15, 0.2) is 71.8 Å². The smallest absolute Gasteiger partial charge is 0.490 e. The Bertz CT molecular complexity index is 1750. The van der Waals surface area contributed by atoms with E-state index in [1.807, 2.05) is 30.5 Å². The van der Waals surface area contributed by atoms with Crippen LogP contribution >= 0.6 is 0 Å². The molecule has 1 spiro atoms. The van der Waals surface area contributed by atoms with E-state index in [0.29, 0.717) is 18.9 Å². The van der Waals surface area contributed by atoms with Gasteiger partial charge in [-0.05, 0) is 50.1 Å². The van der Waals surface area contributed by atoms with Gasteiger partial charge in [0, 0.05) is 44.4 Å². The number of carbonyl (C=O) groups is 2. The highest BCUT2D eigenvalue weighted by atomic mass is 32.2. The SMILES string of the molecule is CNS(=O)(=O)c1cccc(OC[C@@H](O)CN[C@H]2COC3(CCN(c4nccc(Cc5ccccc5)n4)CC3)C2)c1.O=C(O)C(F)(F)F.O=C(O)C(F)(F)F. The summed E-state index contributed by atoms with van der Waals surface area (Å²) in [6, 6.07) is 18.7. The predicted octanol–water partition coefficient (Wildman–Crippen LogP) is 3.40. The molecule has 14 nitrogen and oxygen atoms in total. The van der Waals surface area contributed by atoms with Gasteiger partial charge in [0.25, 0.3) is 0 Å². The first-order valence-corrected chi connectivity index (χ1v) is 17.6. The zero-order valence-electron chi connectivity index (χ0n) is 28.7. The minimum absolute atomic E-state index is 0.0487. The lowest BCUT2D eigenvalue weighted by Crippen LogP contribution is -2.45. The molecule has 2 aliphatic rings. The molecule has 0 radical (unpaired) electrons. The number of carboxylic acids is 2. The Morgan fingerprint density at radius 2 is 1.61 bits per heavy atom. The number of nitrogens with zero attached hydrogens (tertiary/aromatic N) is 3. The standard InChI is InChI=1S/C29H37N5O5S.2C2HF3O2/c1-30-40(36,37)27-9-5-8-26(17-27)38-21-25(35)19-32-24-18-29(39-20-24)11-14-34(15-12-29)28-31-13-10-23(33-28)16-22-6-3-2-4-7-22;2*3-2(4,5)1(6)7/h2-10,13,17,24-25,30,32,35H,11-12,14-16,18-21H2,1H3;2*(H,6,7)/t24-,25+;;/m1../s1.